The lowest BCUT2D eigenvalue weighted by molar-refractivity contribution is -0.404. The summed E-state index contributed by atoms with van der Waals surface area (Å²) in [7, 11) is 0. The van der Waals surface area contributed by atoms with Crippen molar-refractivity contribution in [1.82, 2.24) is 0 Å². The highest BCUT2D eigenvalue weighted by Crippen LogP contribution is 2.92. The van der Waals surface area contributed by atoms with E-state index < -0.39 is 5.97 Å². The summed E-state index contributed by atoms with van der Waals surface area (Å²) in [6.07, 6.45) is 12.7. The summed E-state index contributed by atoms with van der Waals surface area (Å²) in [5.41, 5.74) is 1.24. The van der Waals surface area contributed by atoms with Crippen molar-refractivity contribution in [3.8, 4) is 0 Å². The van der Waals surface area contributed by atoms with Crippen molar-refractivity contribution in [1.29, 1.82) is 0 Å². The topological polar surface area (TPSA) is 63.6 Å². The molecule has 0 aliphatic heterocycles. The van der Waals surface area contributed by atoms with Crippen molar-refractivity contribution in [2.45, 2.75) is 153 Å². The van der Waals surface area contributed by atoms with E-state index in [0.717, 1.165) is 30.6 Å². The van der Waals surface area contributed by atoms with Crippen LogP contribution in [0.1, 0.15) is 147 Å². The molecule has 9 aliphatic rings. The minimum Gasteiger partial charge on any atom is -0.478 e. The van der Waals surface area contributed by atoms with E-state index in [1.54, 1.807) is 0 Å². The quantitative estimate of drug-likeness (QED) is 0.245. The normalized spacial score (nSPS) is 48.1. The van der Waals surface area contributed by atoms with Crippen molar-refractivity contribution in [2.24, 2.45) is 67.0 Å². The van der Waals surface area contributed by atoms with Crippen LogP contribution in [0.2, 0.25) is 0 Å². The number of carbonyl (C=O) groups is 2. The van der Waals surface area contributed by atoms with E-state index in [1.807, 2.05) is 0 Å². The lowest BCUT2D eigenvalue weighted by Crippen LogP contribution is -2.84. The maximum absolute atomic E-state index is 14.6. The fourth-order valence-electron chi connectivity index (χ4n) is 14.1. The molecule has 0 saturated heterocycles. The first-order chi connectivity index (χ1) is 19.6. The van der Waals surface area contributed by atoms with Crippen LogP contribution in [0, 0.1) is 67.0 Å². The summed E-state index contributed by atoms with van der Waals surface area (Å²) in [5.74, 6) is 2.41. The molecule has 9 saturated carbocycles. The Hall–Kier alpha value is -1.32. The summed E-state index contributed by atoms with van der Waals surface area (Å²) in [5, 5.41) is 7.89. The lowest BCUT2D eigenvalue weighted by Gasteiger charge is -2.88. The van der Waals surface area contributed by atoms with Gasteiger partial charge >= 0.3 is 11.9 Å². The van der Waals surface area contributed by atoms with Gasteiger partial charge in [-0.3, -0.25) is 4.79 Å². The van der Waals surface area contributed by atoms with Crippen LogP contribution in [-0.4, -0.2) is 23.1 Å². The molecule has 0 radical (unpaired) electrons. The third kappa shape index (κ3) is 3.56. The molecule has 0 heterocycles. The monoisotopic (exact) mass is 596 g/mol. The van der Waals surface area contributed by atoms with E-state index in [0.29, 0.717) is 16.7 Å². The Morgan fingerprint density at radius 1 is 0.837 bits per heavy atom. The Morgan fingerprint density at radius 3 is 1.79 bits per heavy atom. The van der Waals surface area contributed by atoms with Gasteiger partial charge in [0.1, 0.15) is 0 Å². The highest BCUT2D eigenvalue weighted by molar-refractivity contribution is 5.84. The van der Waals surface area contributed by atoms with Gasteiger partial charge in [-0.05, 0) is 140 Å². The predicted molar refractivity (Wildman–Crippen MR) is 174 cm³/mol. The van der Waals surface area contributed by atoms with E-state index in [9.17, 15) is 9.59 Å². The molecule has 10 atom stereocenters. The first kappa shape index (κ1) is 33.1. The van der Waals surface area contributed by atoms with Crippen LogP contribution in [-0.2, 0) is 14.3 Å². The average molecular weight is 597 g/mol. The van der Waals surface area contributed by atoms with Crippen LogP contribution >= 0.6 is 0 Å². The minimum absolute atomic E-state index is 0.00358. The Kier molecular flexibility index (Phi) is 7.38. The van der Waals surface area contributed by atoms with E-state index in [4.69, 9.17) is 9.84 Å². The van der Waals surface area contributed by atoms with Gasteiger partial charge in [0.2, 0.25) is 0 Å². The molecule has 9 rings (SSSR count). The number of ether oxygens (including phenoxy) is 1. The number of fused-ring (bicyclic) bond motifs is 7. The molecule has 0 aromatic carbocycles. The zero-order valence-electron chi connectivity index (χ0n) is 29.8. The molecule has 4 heteroatoms. The third-order valence-electron chi connectivity index (χ3n) is 17.3. The highest BCUT2D eigenvalue weighted by atomic mass is 16.5. The largest absolute Gasteiger partial charge is 0.478 e. The number of esters is 1. The molecule has 10 unspecified atom stereocenters. The molecule has 0 spiro atoms. The third-order valence-corrected chi connectivity index (χ3v) is 17.3. The van der Waals surface area contributed by atoms with Gasteiger partial charge in [0.05, 0.1) is 11.5 Å². The predicted octanol–water partition coefficient (Wildman–Crippen LogP) is 10.1. The molecule has 9 aliphatic carbocycles. The van der Waals surface area contributed by atoms with E-state index in [-0.39, 0.29) is 50.1 Å². The summed E-state index contributed by atoms with van der Waals surface area (Å²) in [6, 6.07) is 0. The fourth-order valence-corrected chi connectivity index (χ4v) is 14.1. The second-order valence-electron chi connectivity index (χ2n) is 18.8. The minimum atomic E-state index is -0.935. The standard InChI is InChI=1S/C35H58O2.C4H6O2/c1-12-22(2)37-27(36)34-20-24(29(34,5)6)15-18-33(34,11)35-21-25(30(35,7)8)14-17-32(35,10)31(9)16-13-23-19-26(31)28(23,3)4;1-3(2)4(5)6/h22-26H,12-21H2,1-11H3;1H2,2H3,(H,5,6). The van der Waals surface area contributed by atoms with E-state index in [1.165, 1.54) is 58.3 Å². The van der Waals surface area contributed by atoms with Gasteiger partial charge in [-0.2, -0.15) is 0 Å². The van der Waals surface area contributed by atoms with Gasteiger partial charge in [0.15, 0.2) is 0 Å². The van der Waals surface area contributed by atoms with Crippen LogP contribution < -0.4 is 0 Å². The molecular formula is C39H64O4. The zero-order valence-corrected chi connectivity index (χ0v) is 29.8. The summed E-state index contributed by atoms with van der Waals surface area (Å²) >= 11 is 0. The van der Waals surface area contributed by atoms with Crippen molar-refractivity contribution in [2.75, 3.05) is 0 Å². The van der Waals surface area contributed by atoms with Crippen molar-refractivity contribution >= 4 is 11.9 Å². The number of carboxylic acids is 1. The molecule has 4 nitrogen and oxygen atoms in total. The number of aliphatic carboxylic acids is 1. The van der Waals surface area contributed by atoms with Gasteiger partial charge in [0.25, 0.3) is 0 Å². The summed E-state index contributed by atoms with van der Waals surface area (Å²) < 4.78 is 6.39. The molecule has 43 heavy (non-hydrogen) atoms. The SMILES string of the molecule is C=C(C)C(=O)O.CCC(C)OC(=O)C12CC(CCC1(C)C13CC(CCC1(C)C1(C)CCC4CC1C4(C)C)C3(C)C)C2(C)C. The average Bonchev–Trinajstić information content (AvgIpc) is 2.92. The molecule has 0 aromatic heterocycles. The van der Waals surface area contributed by atoms with Gasteiger partial charge < -0.3 is 9.84 Å². The van der Waals surface area contributed by atoms with Crippen LogP contribution in [0.3, 0.4) is 0 Å². The number of rotatable bonds is 6. The van der Waals surface area contributed by atoms with Crippen molar-refractivity contribution in [3.05, 3.63) is 12.2 Å². The lowest BCUT2D eigenvalue weighted by atomic mass is 9.15. The van der Waals surface area contributed by atoms with Crippen LogP contribution in [0.4, 0.5) is 0 Å². The Balaban J connectivity index is 0.000000559. The van der Waals surface area contributed by atoms with E-state index >= 15 is 0 Å². The second kappa shape index (κ2) is 9.60. The Morgan fingerprint density at radius 2 is 1.35 bits per heavy atom. The number of carbonyl (C=O) groups excluding carboxylic acids is 1. The van der Waals surface area contributed by atoms with Gasteiger partial charge in [-0.15, -0.1) is 0 Å². The van der Waals surface area contributed by atoms with Crippen molar-refractivity contribution < 1.29 is 19.4 Å². The second-order valence-corrected chi connectivity index (χ2v) is 18.8. The number of hydrogen-bond donors (Lipinski definition) is 1. The Bertz CT molecular complexity index is 1180. The molecular weight excluding hydrogens is 532 g/mol. The van der Waals surface area contributed by atoms with Gasteiger partial charge in [0, 0.05) is 5.57 Å². The molecule has 1 N–H and O–H groups in total. The smallest absolute Gasteiger partial charge is 0.330 e. The first-order valence-corrected chi connectivity index (χ1v) is 17.7. The molecule has 244 valence electrons. The highest BCUT2D eigenvalue weighted by Gasteiger charge is 2.88. The van der Waals surface area contributed by atoms with Crippen LogP contribution in [0.15, 0.2) is 12.2 Å². The van der Waals surface area contributed by atoms with Gasteiger partial charge in [-0.25, -0.2) is 4.79 Å². The maximum Gasteiger partial charge on any atom is 0.330 e. The summed E-state index contributed by atoms with van der Waals surface area (Å²) in [6.45, 7) is 32.3. The van der Waals surface area contributed by atoms with Gasteiger partial charge in [-0.1, -0.05) is 75.8 Å². The van der Waals surface area contributed by atoms with Crippen LogP contribution in [0.5, 0.6) is 0 Å². The van der Waals surface area contributed by atoms with Crippen LogP contribution in [0.25, 0.3) is 0 Å². The fraction of sp³-hybridized carbons (Fsp3) is 0.897. The Labute approximate surface area is 263 Å². The number of carboxylic acid groups (broad SMARTS) is 1. The van der Waals surface area contributed by atoms with Crippen molar-refractivity contribution in [3.63, 3.8) is 0 Å². The molecule has 9 fully saturated rings. The molecule has 6 bridgehead atoms. The summed E-state index contributed by atoms with van der Waals surface area (Å²) in [4.78, 5) is 24.2. The zero-order chi connectivity index (χ0) is 32.4. The first-order valence-electron chi connectivity index (χ1n) is 17.7. The van der Waals surface area contributed by atoms with E-state index in [2.05, 4.69) is 82.7 Å². The maximum atomic E-state index is 14.6. The molecule has 0 aromatic rings. The number of hydrogen-bond acceptors (Lipinski definition) is 3. The molecule has 0 amide bonds.